The van der Waals surface area contributed by atoms with Crippen molar-refractivity contribution in [1.82, 2.24) is 19.9 Å². The molecule has 0 aliphatic rings. The van der Waals surface area contributed by atoms with Crippen LogP contribution in [0.1, 0.15) is 0 Å². The zero-order valence-corrected chi connectivity index (χ0v) is 11.3. The quantitative estimate of drug-likeness (QED) is 0.607. The number of fused-ring (bicyclic) bond motifs is 1. The molecule has 3 heterocycles. The molecular weight excluding hydrogens is 268 g/mol. The smallest absolute Gasteiger partial charge is 0.138 e. The molecule has 0 spiro atoms. The minimum atomic E-state index is 0.824. The number of H-pyrrole nitrogens is 1. The van der Waals surface area contributed by atoms with Crippen molar-refractivity contribution in [1.29, 1.82) is 0 Å². The van der Waals surface area contributed by atoms with Gasteiger partial charge in [-0.15, -0.1) is 11.3 Å². The number of hydrogen-bond donors (Lipinski definition) is 1. The van der Waals surface area contributed by atoms with Crippen LogP contribution in [0.2, 0.25) is 0 Å². The molecule has 4 nitrogen and oxygen atoms in total. The molecule has 1 N–H and O–H groups in total. The topological polar surface area (TPSA) is 54.5 Å². The summed E-state index contributed by atoms with van der Waals surface area (Å²) in [5.74, 6) is 0.824. The maximum absolute atomic E-state index is 4.45. The molecule has 20 heavy (non-hydrogen) atoms. The number of para-hydroxylation sites is 1. The van der Waals surface area contributed by atoms with Gasteiger partial charge in [-0.2, -0.15) is 0 Å². The lowest BCUT2D eigenvalue weighted by molar-refractivity contribution is 1.26. The third-order valence-corrected chi connectivity index (χ3v) is 3.98. The zero-order chi connectivity index (χ0) is 13.4. The number of benzene rings is 1. The first-order valence-electron chi connectivity index (χ1n) is 6.19. The van der Waals surface area contributed by atoms with Crippen LogP contribution in [0.25, 0.3) is 32.7 Å². The fourth-order valence-corrected chi connectivity index (χ4v) is 2.96. The van der Waals surface area contributed by atoms with Crippen LogP contribution >= 0.6 is 11.3 Å². The third kappa shape index (κ3) is 1.80. The van der Waals surface area contributed by atoms with Gasteiger partial charge < -0.3 is 4.98 Å². The number of nitrogens with zero attached hydrogens (tertiary/aromatic N) is 3. The van der Waals surface area contributed by atoms with Crippen LogP contribution in [0.3, 0.4) is 0 Å². The van der Waals surface area contributed by atoms with E-state index in [1.54, 1.807) is 17.5 Å². The van der Waals surface area contributed by atoms with Gasteiger partial charge in [-0.25, -0.2) is 9.97 Å². The van der Waals surface area contributed by atoms with Gasteiger partial charge in [0.15, 0.2) is 0 Å². The van der Waals surface area contributed by atoms with Gasteiger partial charge in [-0.1, -0.05) is 12.1 Å². The molecule has 0 aliphatic heterocycles. The first-order valence-corrected chi connectivity index (χ1v) is 7.07. The largest absolute Gasteiger partial charge is 0.345 e. The second-order valence-electron chi connectivity index (χ2n) is 4.40. The van der Waals surface area contributed by atoms with Crippen molar-refractivity contribution in [2.24, 2.45) is 0 Å². The van der Waals surface area contributed by atoms with Crippen molar-refractivity contribution in [2.45, 2.75) is 0 Å². The van der Waals surface area contributed by atoms with Crippen LogP contribution < -0.4 is 0 Å². The minimum Gasteiger partial charge on any atom is -0.345 e. The number of aromatic amines is 1. The molecule has 0 saturated heterocycles. The molecule has 96 valence electrons. The predicted molar refractivity (Wildman–Crippen MR) is 80.4 cm³/mol. The van der Waals surface area contributed by atoms with Crippen molar-refractivity contribution < 1.29 is 0 Å². The van der Waals surface area contributed by atoms with E-state index >= 15 is 0 Å². The molecule has 5 heteroatoms. The minimum absolute atomic E-state index is 0.824. The van der Waals surface area contributed by atoms with E-state index in [4.69, 9.17) is 0 Å². The lowest BCUT2D eigenvalue weighted by Gasteiger charge is -2.04. The van der Waals surface area contributed by atoms with Gasteiger partial charge in [0.25, 0.3) is 0 Å². The predicted octanol–water partition coefficient (Wildman–Crippen LogP) is 3.75. The summed E-state index contributed by atoms with van der Waals surface area (Å²) in [7, 11) is 0. The average molecular weight is 278 g/mol. The first-order chi connectivity index (χ1) is 9.92. The molecule has 0 fully saturated rings. The van der Waals surface area contributed by atoms with Gasteiger partial charge in [0, 0.05) is 41.5 Å². The molecule has 3 aromatic heterocycles. The summed E-state index contributed by atoms with van der Waals surface area (Å²) in [6.45, 7) is 0. The number of imidazole rings is 1. The van der Waals surface area contributed by atoms with Crippen LogP contribution in [0.4, 0.5) is 0 Å². The fourth-order valence-electron chi connectivity index (χ4n) is 2.26. The number of nitrogens with one attached hydrogen (secondary N) is 1. The number of thiazole rings is 1. The van der Waals surface area contributed by atoms with Crippen LogP contribution in [0.5, 0.6) is 0 Å². The molecule has 0 unspecified atom stereocenters. The second kappa shape index (κ2) is 4.54. The van der Waals surface area contributed by atoms with E-state index in [0.29, 0.717) is 0 Å². The van der Waals surface area contributed by atoms with Gasteiger partial charge in [-0.3, -0.25) is 4.98 Å². The fraction of sp³-hybridized carbons (Fsp3) is 0. The Morgan fingerprint density at radius 3 is 2.90 bits per heavy atom. The van der Waals surface area contributed by atoms with E-state index in [2.05, 4.69) is 44.2 Å². The van der Waals surface area contributed by atoms with Crippen molar-refractivity contribution >= 4 is 21.6 Å². The van der Waals surface area contributed by atoms with Crippen molar-refractivity contribution in [3.63, 3.8) is 0 Å². The lowest BCUT2D eigenvalue weighted by Crippen LogP contribution is -1.86. The average Bonchev–Trinajstić information content (AvgIpc) is 3.18. The van der Waals surface area contributed by atoms with Gasteiger partial charge in [0.2, 0.25) is 0 Å². The van der Waals surface area contributed by atoms with Gasteiger partial charge in [0.05, 0.1) is 15.7 Å². The molecule has 1 aromatic carbocycles. The summed E-state index contributed by atoms with van der Waals surface area (Å²) in [5, 5.41) is 0. The van der Waals surface area contributed by atoms with Crippen molar-refractivity contribution in [3.05, 3.63) is 54.6 Å². The second-order valence-corrected chi connectivity index (χ2v) is 5.29. The Bertz CT molecular complexity index is 864. The Morgan fingerprint density at radius 1 is 1.05 bits per heavy atom. The summed E-state index contributed by atoms with van der Waals surface area (Å²) in [5.41, 5.74) is 6.02. The van der Waals surface area contributed by atoms with Crippen molar-refractivity contribution in [2.75, 3.05) is 0 Å². The van der Waals surface area contributed by atoms with E-state index in [-0.39, 0.29) is 0 Å². The van der Waals surface area contributed by atoms with Crippen LogP contribution in [-0.4, -0.2) is 19.9 Å². The number of aromatic nitrogens is 4. The highest BCUT2D eigenvalue weighted by Crippen LogP contribution is 2.30. The standard InChI is InChI=1S/C15H10N4S/c1-2-12(14-13(3-1)20-9-19-14)10-6-11(8-16-7-10)15-17-4-5-18-15/h1-9H,(H,17,18). The Kier molecular flexibility index (Phi) is 2.57. The zero-order valence-electron chi connectivity index (χ0n) is 10.4. The Hall–Kier alpha value is -2.53. The van der Waals surface area contributed by atoms with Crippen LogP contribution in [0, 0.1) is 0 Å². The monoisotopic (exact) mass is 278 g/mol. The van der Waals surface area contributed by atoms with Gasteiger partial charge in [-0.05, 0) is 12.1 Å². The highest BCUT2D eigenvalue weighted by molar-refractivity contribution is 7.16. The van der Waals surface area contributed by atoms with E-state index in [9.17, 15) is 0 Å². The first kappa shape index (κ1) is 11.3. The van der Waals surface area contributed by atoms with Gasteiger partial charge >= 0.3 is 0 Å². The summed E-state index contributed by atoms with van der Waals surface area (Å²) in [4.78, 5) is 16.1. The number of pyridine rings is 1. The maximum Gasteiger partial charge on any atom is 0.138 e. The molecule has 0 amide bonds. The number of rotatable bonds is 2. The molecule has 0 radical (unpaired) electrons. The Labute approximate surface area is 119 Å². The summed E-state index contributed by atoms with van der Waals surface area (Å²) >= 11 is 1.65. The summed E-state index contributed by atoms with van der Waals surface area (Å²) in [6.07, 6.45) is 7.22. The van der Waals surface area contributed by atoms with Crippen LogP contribution in [-0.2, 0) is 0 Å². The number of hydrogen-bond acceptors (Lipinski definition) is 4. The van der Waals surface area contributed by atoms with E-state index in [1.807, 2.05) is 24.1 Å². The highest BCUT2D eigenvalue weighted by Gasteiger charge is 2.08. The molecule has 0 aliphatic carbocycles. The summed E-state index contributed by atoms with van der Waals surface area (Å²) in [6, 6.07) is 8.29. The summed E-state index contributed by atoms with van der Waals surface area (Å²) < 4.78 is 1.19. The third-order valence-electron chi connectivity index (χ3n) is 3.18. The van der Waals surface area contributed by atoms with Crippen LogP contribution in [0.15, 0.2) is 54.6 Å². The molecule has 0 atom stereocenters. The van der Waals surface area contributed by atoms with E-state index in [1.165, 1.54) is 4.70 Å². The lowest BCUT2D eigenvalue weighted by atomic mass is 10.0. The van der Waals surface area contributed by atoms with E-state index < -0.39 is 0 Å². The Balaban J connectivity index is 1.91. The highest BCUT2D eigenvalue weighted by atomic mass is 32.1. The van der Waals surface area contributed by atoms with Gasteiger partial charge in [0.1, 0.15) is 5.82 Å². The normalized spacial score (nSPS) is 11.0. The maximum atomic E-state index is 4.45. The molecule has 0 saturated carbocycles. The van der Waals surface area contributed by atoms with Crippen molar-refractivity contribution in [3.8, 4) is 22.5 Å². The van der Waals surface area contributed by atoms with E-state index in [0.717, 1.165) is 28.0 Å². The molecular formula is C15H10N4S. The molecule has 0 bridgehead atoms. The molecule has 4 aromatic rings. The SMILES string of the molecule is c1cc(-c2cncc(-c3ncc[nH]3)c2)c2ncsc2c1. The molecule has 4 rings (SSSR count). The Morgan fingerprint density at radius 2 is 2.00 bits per heavy atom.